The molecule has 4 heteroatoms. The van der Waals surface area contributed by atoms with E-state index in [2.05, 4.69) is 15.9 Å². The highest BCUT2D eigenvalue weighted by Crippen LogP contribution is 2.22. The zero-order valence-electron chi connectivity index (χ0n) is 9.98. The molecule has 0 aliphatic carbocycles. The predicted molar refractivity (Wildman–Crippen MR) is 77.4 cm³/mol. The number of ketones is 1. The van der Waals surface area contributed by atoms with Gasteiger partial charge in [0.1, 0.15) is 11.5 Å². The Morgan fingerprint density at radius 3 is 2.78 bits per heavy atom. The van der Waals surface area contributed by atoms with Gasteiger partial charge in [-0.1, -0.05) is 18.2 Å². The number of rotatable bonds is 5. The SMILES string of the molecule is COc1ccccc1CC(=O)Cc1cc(Br)cs1. The molecule has 0 aliphatic rings. The molecule has 0 spiro atoms. The number of carbonyl (C=O) groups is 1. The molecule has 1 heterocycles. The van der Waals surface area contributed by atoms with E-state index in [1.54, 1.807) is 18.4 Å². The van der Waals surface area contributed by atoms with Crippen molar-refractivity contribution < 1.29 is 9.53 Å². The Bertz CT molecular complexity index is 548. The third-order valence-electron chi connectivity index (χ3n) is 2.57. The zero-order valence-corrected chi connectivity index (χ0v) is 12.4. The quantitative estimate of drug-likeness (QED) is 0.834. The Kier molecular flexibility index (Phi) is 4.55. The van der Waals surface area contributed by atoms with Crippen LogP contribution in [0.1, 0.15) is 10.4 Å². The Hall–Kier alpha value is -1.13. The van der Waals surface area contributed by atoms with Crippen molar-refractivity contribution in [3.63, 3.8) is 0 Å². The van der Waals surface area contributed by atoms with E-state index in [9.17, 15) is 4.79 Å². The van der Waals surface area contributed by atoms with Crippen molar-refractivity contribution in [3.05, 3.63) is 50.6 Å². The molecular formula is C14H13BrO2S. The van der Waals surface area contributed by atoms with Crippen molar-refractivity contribution in [1.29, 1.82) is 0 Å². The Morgan fingerprint density at radius 2 is 2.11 bits per heavy atom. The highest BCUT2D eigenvalue weighted by atomic mass is 79.9. The average molecular weight is 325 g/mol. The molecule has 0 atom stereocenters. The Labute approximate surface area is 119 Å². The van der Waals surface area contributed by atoms with E-state index in [1.165, 1.54) is 0 Å². The summed E-state index contributed by atoms with van der Waals surface area (Å²) in [7, 11) is 1.62. The summed E-state index contributed by atoms with van der Waals surface area (Å²) >= 11 is 4.99. The molecule has 2 nitrogen and oxygen atoms in total. The first-order chi connectivity index (χ1) is 8.69. The largest absolute Gasteiger partial charge is 0.496 e. The maximum absolute atomic E-state index is 12.0. The summed E-state index contributed by atoms with van der Waals surface area (Å²) in [5, 5.41) is 1.99. The zero-order chi connectivity index (χ0) is 13.0. The molecule has 0 aliphatic heterocycles. The topological polar surface area (TPSA) is 26.3 Å². The predicted octanol–water partition coefficient (Wildman–Crippen LogP) is 3.87. The number of benzene rings is 1. The number of carbonyl (C=O) groups excluding carboxylic acids is 1. The second-order valence-electron chi connectivity index (χ2n) is 3.94. The molecule has 0 amide bonds. The van der Waals surface area contributed by atoms with Crippen LogP contribution in [0.15, 0.2) is 40.2 Å². The molecule has 0 saturated heterocycles. The summed E-state index contributed by atoms with van der Waals surface area (Å²) < 4.78 is 6.28. The minimum Gasteiger partial charge on any atom is -0.496 e. The molecule has 94 valence electrons. The van der Waals surface area contributed by atoms with Gasteiger partial charge in [0.05, 0.1) is 7.11 Å². The first kappa shape index (κ1) is 13.3. The van der Waals surface area contributed by atoms with Gasteiger partial charge in [0.15, 0.2) is 0 Å². The maximum Gasteiger partial charge on any atom is 0.142 e. The molecule has 0 unspecified atom stereocenters. The number of methoxy groups -OCH3 is 1. The second kappa shape index (κ2) is 6.16. The van der Waals surface area contributed by atoms with Gasteiger partial charge in [-0.2, -0.15) is 0 Å². The van der Waals surface area contributed by atoms with Crippen LogP contribution in [0.25, 0.3) is 0 Å². The number of thiophene rings is 1. The third-order valence-corrected chi connectivity index (χ3v) is 4.27. The molecule has 1 aromatic carbocycles. The summed E-state index contributed by atoms with van der Waals surface area (Å²) in [6, 6.07) is 9.63. The molecule has 0 radical (unpaired) electrons. The van der Waals surface area contributed by atoms with Crippen molar-refractivity contribution in [2.75, 3.05) is 7.11 Å². The van der Waals surface area contributed by atoms with Crippen molar-refractivity contribution >= 4 is 33.0 Å². The van der Waals surface area contributed by atoms with Crippen LogP contribution in [-0.2, 0) is 17.6 Å². The average Bonchev–Trinajstić information content (AvgIpc) is 2.75. The van der Waals surface area contributed by atoms with E-state index in [0.29, 0.717) is 12.8 Å². The van der Waals surface area contributed by atoms with Gasteiger partial charge in [-0.3, -0.25) is 4.79 Å². The lowest BCUT2D eigenvalue weighted by Crippen LogP contribution is -2.06. The molecule has 18 heavy (non-hydrogen) atoms. The van der Waals surface area contributed by atoms with Crippen molar-refractivity contribution in [2.45, 2.75) is 12.8 Å². The van der Waals surface area contributed by atoms with Crippen LogP contribution < -0.4 is 4.74 Å². The van der Waals surface area contributed by atoms with Crippen LogP contribution in [0.4, 0.5) is 0 Å². The highest BCUT2D eigenvalue weighted by molar-refractivity contribution is 9.10. The lowest BCUT2D eigenvalue weighted by atomic mass is 10.1. The molecule has 0 saturated carbocycles. The minimum absolute atomic E-state index is 0.203. The van der Waals surface area contributed by atoms with E-state index in [0.717, 1.165) is 20.7 Å². The Balaban J connectivity index is 2.03. The van der Waals surface area contributed by atoms with Gasteiger partial charge in [0.25, 0.3) is 0 Å². The summed E-state index contributed by atoms with van der Waals surface area (Å²) in [4.78, 5) is 13.1. The second-order valence-corrected chi connectivity index (χ2v) is 5.85. The maximum atomic E-state index is 12.0. The molecule has 0 N–H and O–H groups in total. The van der Waals surface area contributed by atoms with E-state index < -0.39 is 0 Å². The van der Waals surface area contributed by atoms with E-state index in [4.69, 9.17) is 4.74 Å². The van der Waals surface area contributed by atoms with Gasteiger partial charge in [-0.15, -0.1) is 11.3 Å². The summed E-state index contributed by atoms with van der Waals surface area (Å²) in [5.74, 6) is 0.979. The van der Waals surface area contributed by atoms with Gasteiger partial charge < -0.3 is 4.74 Å². The fourth-order valence-corrected chi connectivity index (χ4v) is 3.24. The fourth-order valence-electron chi connectivity index (χ4n) is 1.76. The number of Topliss-reactive ketones (excluding diaryl/α,β-unsaturated/α-hetero) is 1. The van der Waals surface area contributed by atoms with Crippen LogP contribution in [0.2, 0.25) is 0 Å². The van der Waals surface area contributed by atoms with Crippen molar-refractivity contribution in [1.82, 2.24) is 0 Å². The van der Waals surface area contributed by atoms with Crippen LogP contribution in [0.3, 0.4) is 0 Å². The standard InChI is InChI=1S/C14H13BrO2S/c1-17-14-5-3-2-4-10(14)6-12(16)8-13-7-11(15)9-18-13/h2-5,7,9H,6,8H2,1H3. The number of halogens is 1. The molecule has 1 aromatic heterocycles. The van der Waals surface area contributed by atoms with Crippen LogP contribution in [-0.4, -0.2) is 12.9 Å². The fraction of sp³-hybridized carbons (Fsp3) is 0.214. The van der Waals surface area contributed by atoms with E-state index in [-0.39, 0.29) is 5.78 Å². The molecule has 2 rings (SSSR count). The minimum atomic E-state index is 0.203. The smallest absolute Gasteiger partial charge is 0.142 e. The van der Waals surface area contributed by atoms with E-state index >= 15 is 0 Å². The normalized spacial score (nSPS) is 10.3. The van der Waals surface area contributed by atoms with Gasteiger partial charge >= 0.3 is 0 Å². The monoisotopic (exact) mass is 324 g/mol. The number of hydrogen-bond donors (Lipinski definition) is 0. The van der Waals surface area contributed by atoms with Gasteiger partial charge in [0.2, 0.25) is 0 Å². The van der Waals surface area contributed by atoms with Crippen LogP contribution >= 0.6 is 27.3 Å². The third kappa shape index (κ3) is 3.43. The summed E-state index contributed by atoms with van der Waals surface area (Å²) in [5.41, 5.74) is 0.945. The first-order valence-corrected chi connectivity index (χ1v) is 7.23. The highest BCUT2D eigenvalue weighted by Gasteiger charge is 2.10. The Morgan fingerprint density at radius 1 is 1.33 bits per heavy atom. The molecule has 2 aromatic rings. The summed E-state index contributed by atoms with van der Waals surface area (Å²) in [6.45, 7) is 0. The van der Waals surface area contributed by atoms with Crippen LogP contribution in [0.5, 0.6) is 5.75 Å². The lowest BCUT2D eigenvalue weighted by Gasteiger charge is -2.06. The first-order valence-electron chi connectivity index (χ1n) is 5.55. The number of hydrogen-bond acceptors (Lipinski definition) is 3. The van der Waals surface area contributed by atoms with Gasteiger partial charge in [-0.25, -0.2) is 0 Å². The number of ether oxygens (including phenoxy) is 1. The molecule has 0 fully saturated rings. The van der Waals surface area contributed by atoms with Crippen molar-refractivity contribution in [3.8, 4) is 5.75 Å². The number of para-hydroxylation sites is 1. The van der Waals surface area contributed by atoms with E-state index in [1.807, 2.05) is 35.7 Å². The molecular weight excluding hydrogens is 312 g/mol. The van der Waals surface area contributed by atoms with Gasteiger partial charge in [-0.05, 0) is 28.1 Å². The van der Waals surface area contributed by atoms with Gasteiger partial charge in [0, 0.05) is 33.1 Å². The van der Waals surface area contributed by atoms with Crippen LogP contribution in [0, 0.1) is 0 Å². The molecule has 0 bridgehead atoms. The summed E-state index contributed by atoms with van der Waals surface area (Å²) in [6.07, 6.45) is 0.897. The van der Waals surface area contributed by atoms with Crippen molar-refractivity contribution in [2.24, 2.45) is 0 Å². The lowest BCUT2D eigenvalue weighted by molar-refractivity contribution is -0.117.